The second-order valence-electron chi connectivity index (χ2n) is 3.51. The summed E-state index contributed by atoms with van der Waals surface area (Å²) in [7, 11) is 0. The number of carbonyl (C=O) groups excluding carboxylic acids is 1. The third-order valence-electron chi connectivity index (χ3n) is 2.28. The van der Waals surface area contributed by atoms with E-state index in [1.165, 1.54) is 24.5 Å². The number of anilines is 1. The van der Waals surface area contributed by atoms with Gasteiger partial charge in [0.1, 0.15) is 0 Å². The number of carbonyl (C=O) groups is 1. The summed E-state index contributed by atoms with van der Waals surface area (Å²) < 4.78 is 0. The van der Waals surface area contributed by atoms with Crippen LogP contribution in [0.15, 0.2) is 29.4 Å². The highest BCUT2D eigenvalue weighted by atomic mass is 32.2. The Hall–Kier alpha value is -2.09. The van der Waals surface area contributed by atoms with Crippen LogP contribution < -0.4 is 5.32 Å². The first-order chi connectivity index (χ1) is 8.58. The Morgan fingerprint density at radius 2 is 2.44 bits per heavy atom. The molecule has 1 unspecified atom stereocenters. The number of rotatable bonds is 3. The number of hydrogen-bond acceptors (Lipinski definition) is 6. The van der Waals surface area contributed by atoms with Crippen molar-refractivity contribution in [3.63, 3.8) is 0 Å². The zero-order valence-corrected chi connectivity index (χ0v) is 9.88. The Labute approximate surface area is 106 Å². The van der Waals surface area contributed by atoms with E-state index >= 15 is 0 Å². The van der Waals surface area contributed by atoms with Gasteiger partial charge in [-0.05, 0) is 17.8 Å². The third kappa shape index (κ3) is 2.59. The summed E-state index contributed by atoms with van der Waals surface area (Å²) in [6, 6.07) is 1.44. The Balaban J connectivity index is 2.02. The molecule has 1 aromatic rings. The molecule has 0 saturated heterocycles. The molecule has 2 rings (SSSR count). The van der Waals surface area contributed by atoms with Crippen LogP contribution in [0.5, 0.6) is 5.75 Å². The molecular weight excluding hydrogens is 258 g/mol. The van der Waals surface area contributed by atoms with Crippen LogP contribution in [0.1, 0.15) is 6.42 Å². The van der Waals surface area contributed by atoms with Crippen LogP contribution in [0.2, 0.25) is 0 Å². The van der Waals surface area contributed by atoms with Crippen LogP contribution >= 0.6 is 11.8 Å². The predicted octanol–water partition coefficient (Wildman–Crippen LogP) is 1.35. The molecule has 94 valence electrons. The predicted molar refractivity (Wildman–Crippen MR) is 65.6 cm³/mol. The van der Waals surface area contributed by atoms with Crippen molar-refractivity contribution in [2.24, 2.45) is 0 Å². The quantitative estimate of drug-likeness (QED) is 0.632. The van der Waals surface area contributed by atoms with Crippen molar-refractivity contribution in [3.05, 3.63) is 39.6 Å². The Morgan fingerprint density at radius 3 is 3.06 bits per heavy atom. The maximum atomic E-state index is 11.8. The second kappa shape index (κ2) is 5.05. The zero-order valence-electron chi connectivity index (χ0n) is 9.07. The lowest BCUT2D eigenvalue weighted by Gasteiger charge is -2.06. The molecule has 1 aliphatic heterocycles. The summed E-state index contributed by atoms with van der Waals surface area (Å²) in [6.07, 6.45) is 4.37. The minimum Gasteiger partial charge on any atom is -0.504 e. The first kappa shape index (κ1) is 12.4. The molecule has 8 heteroatoms. The first-order valence-corrected chi connectivity index (χ1v) is 5.90. The lowest BCUT2D eigenvalue weighted by atomic mass is 10.3. The standard InChI is InChI=1S/C10H9N3O4S/c14-7-5-11-4-3-6(7)12-10(15)8-1-2-9(18-8)13(16)17/h1,3-5,9,14H,2H2,(H,11,12,15). The van der Waals surface area contributed by atoms with Gasteiger partial charge in [0.25, 0.3) is 11.3 Å². The van der Waals surface area contributed by atoms with Crippen LogP contribution in [0.4, 0.5) is 5.69 Å². The molecule has 1 aliphatic rings. The van der Waals surface area contributed by atoms with E-state index in [4.69, 9.17) is 0 Å². The molecule has 0 aliphatic carbocycles. The summed E-state index contributed by atoms with van der Waals surface area (Å²) in [5.74, 6) is -0.619. The van der Waals surface area contributed by atoms with Gasteiger partial charge in [-0.15, -0.1) is 0 Å². The van der Waals surface area contributed by atoms with E-state index in [-0.39, 0.29) is 22.8 Å². The fraction of sp³-hybridized carbons (Fsp3) is 0.200. The van der Waals surface area contributed by atoms with Crippen LogP contribution in [-0.4, -0.2) is 26.3 Å². The highest BCUT2D eigenvalue weighted by Crippen LogP contribution is 2.33. The number of aromatic nitrogens is 1. The molecular formula is C10H9N3O4S. The average Bonchev–Trinajstić information content (AvgIpc) is 2.81. The van der Waals surface area contributed by atoms with E-state index < -0.39 is 16.2 Å². The zero-order chi connectivity index (χ0) is 13.1. The lowest BCUT2D eigenvalue weighted by Crippen LogP contribution is -2.14. The fourth-order valence-corrected chi connectivity index (χ4v) is 2.32. The van der Waals surface area contributed by atoms with Crippen LogP contribution in [0.3, 0.4) is 0 Å². The van der Waals surface area contributed by atoms with Gasteiger partial charge in [-0.1, -0.05) is 6.08 Å². The largest absolute Gasteiger partial charge is 0.504 e. The normalized spacial score (nSPS) is 18.2. The maximum absolute atomic E-state index is 11.8. The molecule has 0 saturated carbocycles. The number of nitrogens with zero attached hydrogens (tertiary/aromatic N) is 2. The van der Waals surface area contributed by atoms with Crippen molar-refractivity contribution in [2.45, 2.75) is 11.8 Å². The summed E-state index contributed by atoms with van der Waals surface area (Å²) in [6.45, 7) is 0. The summed E-state index contributed by atoms with van der Waals surface area (Å²) >= 11 is 0.905. The summed E-state index contributed by atoms with van der Waals surface area (Å²) in [5, 5.41) is 21.6. The van der Waals surface area contributed by atoms with E-state index in [0.29, 0.717) is 0 Å². The average molecular weight is 267 g/mol. The highest BCUT2D eigenvalue weighted by Gasteiger charge is 2.30. The number of pyridine rings is 1. The third-order valence-corrected chi connectivity index (χ3v) is 3.52. The number of nitro groups is 1. The topological polar surface area (TPSA) is 105 Å². The van der Waals surface area contributed by atoms with Crippen molar-refractivity contribution in [1.82, 2.24) is 4.98 Å². The van der Waals surface area contributed by atoms with E-state index in [2.05, 4.69) is 10.3 Å². The van der Waals surface area contributed by atoms with Gasteiger partial charge in [-0.3, -0.25) is 19.9 Å². The van der Waals surface area contributed by atoms with Gasteiger partial charge in [0.15, 0.2) is 5.75 Å². The van der Waals surface area contributed by atoms with Crippen molar-refractivity contribution in [1.29, 1.82) is 0 Å². The number of hydrogen-bond donors (Lipinski definition) is 2. The molecule has 2 heterocycles. The van der Waals surface area contributed by atoms with Crippen molar-refractivity contribution >= 4 is 23.4 Å². The van der Waals surface area contributed by atoms with Gasteiger partial charge in [-0.2, -0.15) is 0 Å². The number of aromatic hydroxyl groups is 1. The highest BCUT2D eigenvalue weighted by molar-refractivity contribution is 8.04. The fourth-order valence-electron chi connectivity index (χ4n) is 1.40. The second-order valence-corrected chi connectivity index (χ2v) is 4.73. The molecule has 0 spiro atoms. The van der Waals surface area contributed by atoms with Crippen molar-refractivity contribution < 1.29 is 14.8 Å². The summed E-state index contributed by atoms with van der Waals surface area (Å²) in [5.41, 5.74) is 0.223. The Kier molecular flexibility index (Phi) is 3.47. The molecule has 0 aromatic carbocycles. The number of amides is 1. The van der Waals surface area contributed by atoms with Crippen LogP contribution in [-0.2, 0) is 4.79 Å². The van der Waals surface area contributed by atoms with Gasteiger partial charge < -0.3 is 10.4 Å². The number of nitrogens with one attached hydrogen (secondary N) is 1. The molecule has 18 heavy (non-hydrogen) atoms. The monoisotopic (exact) mass is 267 g/mol. The van der Waals surface area contributed by atoms with E-state index in [1.54, 1.807) is 0 Å². The van der Waals surface area contributed by atoms with E-state index in [1.807, 2.05) is 0 Å². The lowest BCUT2D eigenvalue weighted by molar-refractivity contribution is -0.493. The van der Waals surface area contributed by atoms with Gasteiger partial charge in [-0.25, -0.2) is 0 Å². The van der Waals surface area contributed by atoms with E-state index in [9.17, 15) is 20.0 Å². The van der Waals surface area contributed by atoms with Crippen molar-refractivity contribution in [3.8, 4) is 5.75 Å². The molecule has 1 amide bonds. The Bertz CT molecular complexity index is 532. The maximum Gasteiger partial charge on any atom is 0.266 e. The summed E-state index contributed by atoms with van der Waals surface area (Å²) in [4.78, 5) is 25.9. The van der Waals surface area contributed by atoms with Crippen LogP contribution in [0.25, 0.3) is 0 Å². The molecule has 0 bridgehead atoms. The minimum atomic E-state index is -0.809. The van der Waals surface area contributed by atoms with Gasteiger partial charge in [0, 0.05) is 17.5 Å². The molecule has 0 fully saturated rings. The van der Waals surface area contributed by atoms with Crippen molar-refractivity contribution in [2.75, 3.05) is 5.32 Å². The molecule has 1 atom stereocenters. The van der Waals surface area contributed by atoms with E-state index in [0.717, 1.165) is 11.8 Å². The van der Waals surface area contributed by atoms with Gasteiger partial charge >= 0.3 is 0 Å². The number of thioether (sulfide) groups is 1. The first-order valence-electron chi connectivity index (χ1n) is 5.02. The van der Waals surface area contributed by atoms with Crippen LogP contribution in [0, 0.1) is 10.1 Å². The van der Waals surface area contributed by atoms with Gasteiger partial charge in [0.05, 0.1) is 16.8 Å². The molecule has 2 N–H and O–H groups in total. The minimum absolute atomic E-state index is 0.153. The molecule has 7 nitrogen and oxygen atoms in total. The smallest absolute Gasteiger partial charge is 0.266 e. The van der Waals surface area contributed by atoms with Gasteiger partial charge in [0.2, 0.25) is 0 Å². The molecule has 0 radical (unpaired) electrons. The molecule has 1 aromatic heterocycles. The Morgan fingerprint density at radius 1 is 1.67 bits per heavy atom. The SMILES string of the molecule is O=C(Nc1ccncc1O)C1=CCC([N+](=O)[O-])S1.